The lowest BCUT2D eigenvalue weighted by Gasteiger charge is -2.34. The number of anilines is 1. The average molecular weight is 313 g/mol. The van der Waals surface area contributed by atoms with E-state index in [0.717, 1.165) is 18.9 Å². The molecule has 5 heteroatoms. The molecule has 3 rings (SSSR count). The smallest absolute Gasteiger partial charge is 0.409 e. The zero-order valence-electron chi connectivity index (χ0n) is 14.0. The van der Waals surface area contributed by atoms with Gasteiger partial charge in [0, 0.05) is 37.8 Å². The number of aryl methyl sites for hydroxylation is 2. The van der Waals surface area contributed by atoms with E-state index in [4.69, 9.17) is 4.74 Å². The Kier molecular flexibility index (Phi) is 4.37. The first-order valence-electron chi connectivity index (χ1n) is 8.12. The molecule has 0 atom stereocenters. The number of piperazine rings is 1. The number of hydrogen-bond acceptors (Lipinski definition) is 4. The molecule has 0 unspecified atom stereocenters. The molecule has 1 saturated heterocycles. The summed E-state index contributed by atoms with van der Waals surface area (Å²) in [5, 5.41) is 2.42. The monoisotopic (exact) mass is 313 g/mol. The van der Waals surface area contributed by atoms with Crippen molar-refractivity contribution in [2.75, 3.05) is 37.7 Å². The maximum Gasteiger partial charge on any atom is 0.409 e. The number of carbonyl (C=O) groups is 1. The van der Waals surface area contributed by atoms with Gasteiger partial charge in [-0.15, -0.1) is 0 Å². The molecular weight excluding hydrogens is 290 g/mol. The second-order valence-electron chi connectivity index (χ2n) is 5.94. The number of nitrogens with zero attached hydrogens (tertiary/aromatic N) is 3. The minimum atomic E-state index is -0.218. The fraction of sp³-hybridized carbons (Fsp3) is 0.444. The molecule has 1 fully saturated rings. The van der Waals surface area contributed by atoms with Crippen LogP contribution in [0.25, 0.3) is 10.8 Å². The summed E-state index contributed by atoms with van der Waals surface area (Å²) in [5.41, 5.74) is 2.57. The summed E-state index contributed by atoms with van der Waals surface area (Å²) in [6.45, 7) is 9.41. The Bertz CT molecular complexity index is 722. The van der Waals surface area contributed by atoms with Gasteiger partial charge < -0.3 is 14.5 Å². The van der Waals surface area contributed by atoms with Gasteiger partial charge in [-0.1, -0.05) is 12.1 Å². The molecule has 23 heavy (non-hydrogen) atoms. The molecule has 0 bridgehead atoms. The van der Waals surface area contributed by atoms with Crippen LogP contribution in [0.4, 0.5) is 10.6 Å². The Hall–Kier alpha value is -2.30. The molecule has 1 aromatic carbocycles. The highest BCUT2D eigenvalue weighted by Gasteiger charge is 2.22. The van der Waals surface area contributed by atoms with Crippen LogP contribution in [0, 0.1) is 13.8 Å². The van der Waals surface area contributed by atoms with Crippen molar-refractivity contribution in [2.24, 2.45) is 0 Å². The van der Waals surface area contributed by atoms with Gasteiger partial charge in [-0.25, -0.2) is 9.78 Å². The molecule has 0 aliphatic carbocycles. The summed E-state index contributed by atoms with van der Waals surface area (Å²) in [6.07, 6.45) is 1.75. The molecule has 0 saturated carbocycles. The van der Waals surface area contributed by atoms with Crippen molar-refractivity contribution in [3.8, 4) is 0 Å². The van der Waals surface area contributed by atoms with Crippen LogP contribution in [0.15, 0.2) is 24.4 Å². The van der Waals surface area contributed by atoms with Gasteiger partial charge in [-0.2, -0.15) is 0 Å². The van der Waals surface area contributed by atoms with Crippen LogP contribution in [0.3, 0.4) is 0 Å². The van der Waals surface area contributed by atoms with Gasteiger partial charge in [0.05, 0.1) is 6.61 Å². The number of aromatic nitrogens is 1. The minimum absolute atomic E-state index is 0.218. The number of ether oxygens (including phenoxy) is 1. The number of fused-ring (bicyclic) bond motifs is 1. The van der Waals surface area contributed by atoms with E-state index in [1.54, 1.807) is 4.90 Å². The minimum Gasteiger partial charge on any atom is -0.450 e. The van der Waals surface area contributed by atoms with Crippen LogP contribution in [-0.4, -0.2) is 48.8 Å². The van der Waals surface area contributed by atoms with Crippen LogP contribution in [0.1, 0.15) is 18.1 Å². The fourth-order valence-electron chi connectivity index (χ4n) is 2.97. The first-order valence-corrected chi connectivity index (χ1v) is 8.12. The first-order chi connectivity index (χ1) is 11.1. The maximum atomic E-state index is 11.8. The van der Waals surface area contributed by atoms with Crippen LogP contribution < -0.4 is 4.90 Å². The summed E-state index contributed by atoms with van der Waals surface area (Å²) in [4.78, 5) is 20.4. The summed E-state index contributed by atoms with van der Waals surface area (Å²) in [6, 6.07) is 6.44. The van der Waals surface area contributed by atoms with Gasteiger partial charge in [-0.05, 0) is 43.4 Å². The Morgan fingerprint density at radius 3 is 2.65 bits per heavy atom. The average Bonchev–Trinajstić information content (AvgIpc) is 2.58. The lowest BCUT2D eigenvalue weighted by molar-refractivity contribution is 0.105. The van der Waals surface area contributed by atoms with Crippen LogP contribution in [0.5, 0.6) is 0 Å². The SMILES string of the molecule is CCOC(=O)N1CCN(c2cc3ccc(C)c(C)c3cn2)CC1. The number of rotatable bonds is 2. The third-order valence-electron chi connectivity index (χ3n) is 4.56. The summed E-state index contributed by atoms with van der Waals surface area (Å²) in [5.74, 6) is 0.976. The van der Waals surface area contributed by atoms with Crippen LogP contribution in [0.2, 0.25) is 0 Å². The normalized spacial score (nSPS) is 15.1. The molecule has 2 heterocycles. The van der Waals surface area contributed by atoms with Crippen LogP contribution in [-0.2, 0) is 4.74 Å². The van der Waals surface area contributed by atoms with E-state index in [1.807, 2.05) is 13.1 Å². The van der Waals surface area contributed by atoms with Crippen molar-refractivity contribution in [1.82, 2.24) is 9.88 Å². The summed E-state index contributed by atoms with van der Waals surface area (Å²) < 4.78 is 5.06. The fourth-order valence-corrected chi connectivity index (χ4v) is 2.97. The van der Waals surface area contributed by atoms with E-state index in [0.29, 0.717) is 19.7 Å². The summed E-state index contributed by atoms with van der Waals surface area (Å²) in [7, 11) is 0. The van der Waals surface area contributed by atoms with E-state index in [9.17, 15) is 4.79 Å². The van der Waals surface area contributed by atoms with Gasteiger partial charge in [0.2, 0.25) is 0 Å². The lowest BCUT2D eigenvalue weighted by atomic mass is 10.0. The van der Waals surface area contributed by atoms with E-state index in [2.05, 4.69) is 41.9 Å². The van der Waals surface area contributed by atoms with Crippen molar-refractivity contribution < 1.29 is 9.53 Å². The standard InChI is InChI=1S/C18H23N3O2/c1-4-23-18(22)21-9-7-20(8-10-21)17-11-15-6-5-13(2)14(3)16(15)12-19-17/h5-6,11-12H,4,7-10H2,1-3H3. The largest absolute Gasteiger partial charge is 0.450 e. The Labute approximate surface area is 136 Å². The van der Waals surface area contributed by atoms with Gasteiger partial charge in [-0.3, -0.25) is 0 Å². The van der Waals surface area contributed by atoms with Crippen molar-refractivity contribution in [1.29, 1.82) is 0 Å². The Balaban J connectivity index is 1.75. The molecule has 1 aliphatic heterocycles. The van der Waals surface area contributed by atoms with Crippen molar-refractivity contribution in [2.45, 2.75) is 20.8 Å². The lowest BCUT2D eigenvalue weighted by Crippen LogP contribution is -2.49. The highest BCUT2D eigenvalue weighted by Crippen LogP contribution is 2.25. The Morgan fingerprint density at radius 1 is 1.22 bits per heavy atom. The second-order valence-corrected chi connectivity index (χ2v) is 5.94. The van der Waals surface area contributed by atoms with Crippen molar-refractivity contribution in [3.63, 3.8) is 0 Å². The maximum absolute atomic E-state index is 11.8. The molecule has 0 spiro atoms. The van der Waals surface area contributed by atoms with Crippen LogP contribution >= 0.6 is 0 Å². The quantitative estimate of drug-likeness (QED) is 0.854. The van der Waals surface area contributed by atoms with Crippen molar-refractivity contribution >= 4 is 22.7 Å². The van der Waals surface area contributed by atoms with Gasteiger partial charge in [0.25, 0.3) is 0 Å². The predicted molar refractivity (Wildman–Crippen MR) is 92.0 cm³/mol. The number of carbonyl (C=O) groups excluding carboxylic acids is 1. The highest BCUT2D eigenvalue weighted by atomic mass is 16.6. The topological polar surface area (TPSA) is 45.7 Å². The molecular formula is C18H23N3O2. The molecule has 2 aromatic rings. The second kappa shape index (κ2) is 6.44. The summed E-state index contributed by atoms with van der Waals surface area (Å²) >= 11 is 0. The molecule has 0 radical (unpaired) electrons. The predicted octanol–water partition coefficient (Wildman–Crippen LogP) is 3.13. The number of amides is 1. The molecule has 1 aromatic heterocycles. The van der Waals surface area contributed by atoms with Gasteiger partial charge >= 0.3 is 6.09 Å². The molecule has 1 amide bonds. The number of hydrogen-bond donors (Lipinski definition) is 0. The highest BCUT2D eigenvalue weighted by molar-refractivity contribution is 5.87. The third-order valence-corrected chi connectivity index (χ3v) is 4.56. The molecule has 1 aliphatic rings. The van der Waals surface area contributed by atoms with Crippen molar-refractivity contribution in [3.05, 3.63) is 35.5 Å². The Morgan fingerprint density at radius 2 is 1.96 bits per heavy atom. The van der Waals surface area contributed by atoms with Gasteiger partial charge in [0.15, 0.2) is 0 Å². The first kappa shape index (κ1) is 15.6. The molecule has 5 nitrogen and oxygen atoms in total. The van der Waals surface area contributed by atoms with E-state index >= 15 is 0 Å². The van der Waals surface area contributed by atoms with E-state index < -0.39 is 0 Å². The van der Waals surface area contributed by atoms with E-state index in [1.165, 1.54) is 21.9 Å². The third kappa shape index (κ3) is 3.09. The molecule has 122 valence electrons. The van der Waals surface area contributed by atoms with Gasteiger partial charge in [0.1, 0.15) is 5.82 Å². The zero-order valence-corrected chi connectivity index (χ0v) is 14.0. The number of pyridine rings is 1. The number of benzene rings is 1. The zero-order chi connectivity index (χ0) is 16.4. The molecule has 0 N–H and O–H groups in total. The van der Waals surface area contributed by atoms with E-state index in [-0.39, 0.29) is 6.09 Å².